The number of nitrogens with zero attached hydrogens (tertiary/aromatic N) is 2. The summed E-state index contributed by atoms with van der Waals surface area (Å²) in [4.78, 5) is 33.1. The van der Waals surface area contributed by atoms with Gasteiger partial charge in [-0.05, 0) is 61.4 Å². The highest BCUT2D eigenvalue weighted by molar-refractivity contribution is 7.07. The summed E-state index contributed by atoms with van der Waals surface area (Å²) in [5.41, 5.74) is 5.06. The van der Waals surface area contributed by atoms with Crippen molar-refractivity contribution >= 4 is 40.6 Å². The first-order valence-electron chi connectivity index (χ1n) is 13.8. The van der Waals surface area contributed by atoms with Gasteiger partial charge in [0.05, 0.1) is 21.8 Å². The maximum Gasteiger partial charge on any atom is 0.271 e. The van der Waals surface area contributed by atoms with E-state index in [-0.39, 0.29) is 11.5 Å². The quantitative estimate of drug-likeness (QED) is 0.233. The van der Waals surface area contributed by atoms with Crippen molar-refractivity contribution in [2.24, 2.45) is 4.99 Å². The Morgan fingerprint density at radius 2 is 1.72 bits per heavy atom. The Balaban J connectivity index is 1.42. The number of anilines is 1. The maximum atomic E-state index is 14.1. The summed E-state index contributed by atoms with van der Waals surface area (Å²) in [6.45, 7) is 4.15. The minimum Gasteiger partial charge on any atom is -0.488 e. The predicted molar refractivity (Wildman–Crippen MR) is 172 cm³/mol. The highest BCUT2D eigenvalue weighted by Gasteiger charge is 2.32. The Morgan fingerprint density at radius 3 is 2.49 bits per heavy atom. The molecule has 0 fully saturated rings. The molecule has 0 unspecified atom stereocenters. The van der Waals surface area contributed by atoms with Gasteiger partial charge in [0.15, 0.2) is 4.80 Å². The second-order valence-electron chi connectivity index (χ2n) is 10.3. The molecule has 0 saturated carbocycles. The van der Waals surface area contributed by atoms with Crippen LogP contribution in [0.25, 0.3) is 6.08 Å². The molecular formula is C35H28ClN3O3S. The van der Waals surface area contributed by atoms with Gasteiger partial charge in [0, 0.05) is 16.3 Å². The molecule has 8 heteroatoms. The summed E-state index contributed by atoms with van der Waals surface area (Å²) in [7, 11) is 0. The molecule has 1 atom stereocenters. The first-order valence-corrected chi connectivity index (χ1v) is 15.0. The standard InChI is InChI=1S/C35H28ClN3O3S/c1-22-15-17-25(18-16-22)32-31(33(40)38-28-12-4-3-5-13-28)23(2)37-35-39(32)34(41)30(43-35)20-26-10-6-7-14-29(26)42-21-24-9-8-11-27(36)19-24/h3-20,32H,21H2,1-2H3,(H,38,40)/b30-20-/t32-/m1/s1. The number of halogens is 1. The van der Waals surface area contributed by atoms with Crippen molar-refractivity contribution in [3.8, 4) is 5.75 Å². The molecule has 5 aromatic rings. The number of para-hydroxylation sites is 2. The largest absolute Gasteiger partial charge is 0.488 e. The smallest absolute Gasteiger partial charge is 0.271 e. The number of aryl methyl sites for hydroxylation is 1. The molecular weight excluding hydrogens is 578 g/mol. The molecule has 6 rings (SSSR count). The number of hydrogen-bond donors (Lipinski definition) is 1. The van der Waals surface area contributed by atoms with Crippen molar-refractivity contribution in [1.29, 1.82) is 0 Å². The van der Waals surface area contributed by atoms with Crippen molar-refractivity contribution in [2.45, 2.75) is 26.5 Å². The zero-order valence-electron chi connectivity index (χ0n) is 23.6. The van der Waals surface area contributed by atoms with Crippen LogP contribution in [-0.4, -0.2) is 10.5 Å². The fraction of sp³-hybridized carbons (Fsp3) is 0.114. The van der Waals surface area contributed by atoms with E-state index in [1.807, 2.05) is 123 Å². The van der Waals surface area contributed by atoms with E-state index in [9.17, 15) is 9.59 Å². The lowest BCUT2D eigenvalue weighted by Crippen LogP contribution is -2.40. The molecule has 6 nitrogen and oxygen atoms in total. The van der Waals surface area contributed by atoms with Crippen molar-refractivity contribution in [2.75, 3.05) is 5.32 Å². The van der Waals surface area contributed by atoms with E-state index in [4.69, 9.17) is 21.3 Å². The number of thiazole rings is 1. The normalized spacial score (nSPS) is 14.7. The SMILES string of the molecule is CC1=C(C(=O)Nc2ccccc2)[C@@H](c2ccc(C)cc2)n2c(s/c(=C\c3ccccc3OCc3cccc(Cl)c3)c2=O)=N1. The summed E-state index contributed by atoms with van der Waals surface area (Å²) in [6.07, 6.45) is 1.83. The van der Waals surface area contributed by atoms with Crippen molar-refractivity contribution in [1.82, 2.24) is 4.57 Å². The number of amides is 1. The van der Waals surface area contributed by atoms with E-state index in [1.165, 1.54) is 11.3 Å². The maximum absolute atomic E-state index is 14.1. The molecule has 2 heterocycles. The van der Waals surface area contributed by atoms with E-state index in [1.54, 1.807) is 4.57 Å². The molecule has 1 amide bonds. The number of aromatic nitrogens is 1. The van der Waals surface area contributed by atoms with Gasteiger partial charge in [-0.3, -0.25) is 14.2 Å². The minimum atomic E-state index is -0.642. The van der Waals surface area contributed by atoms with Crippen molar-refractivity contribution in [3.05, 3.63) is 161 Å². The third kappa shape index (κ3) is 6.09. The lowest BCUT2D eigenvalue weighted by atomic mass is 9.94. The van der Waals surface area contributed by atoms with Crippen molar-refractivity contribution in [3.63, 3.8) is 0 Å². The van der Waals surface area contributed by atoms with Gasteiger partial charge >= 0.3 is 0 Å². The average molecular weight is 606 g/mol. The second kappa shape index (κ2) is 12.3. The summed E-state index contributed by atoms with van der Waals surface area (Å²) in [5.74, 6) is 0.342. The Hall–Kier alpha value is -4.72. The van der Waals surface area contributed by atoms with Crippen LogP contribution in [0.3, 0.4) is 0 Å². The van der Waals surface area contributed by atoms with Crippen LogP contribution in [0.4, 0.5) is 5.69 Å². The molecule has 1 N–H and O–H groups in total. The number of nitrogens with one attached hydrogen (secondary N) is 1. The number of fused-ring (bicyclic) bond motifs is 1. The third-order valence-corrected chi connectivity index (χ3v) is 8.40. The number of carbonyl (C=O) groups is 1. The van der Waals surface area contributed by atoms with Crippen LogP contribution in [-0.2, 0) is 11.4 Å². The summed E-state index contributed by atoms with van der Waals surface area (Å²) >= 11 is 7.44. The van der Waals surface area contributed by atoms with Crippen LogP contribution in [0, 0.1) is 6.92 Å². The molecule has 0 aliphatic carbocycles. The Bertz CT molecular complexity index is 2030. The van der Waals surface area contributed by atoms with Crippen LogP contribution in [0.2, 0.25) is 5.02 Å². The fourth-order valence-corrected chi connectivity index (χ4v) is 6.31. The van der Waals surface area contributed by atoms with Crippen LogP contribution >= 0.6 is 22.9 Å². The monoisotopic (exact) mass is 605 g/mol. The Morgan fingerprint density at radius 1 is 0.977 bits per heavy atom. The van der Waals surface area contributed by atoms with Crippen LogP contribution in [0.5, 0.6) is 5.75 Å². The molecule has 4 aromatic carbocycles. The van der Waals surface area contributed by atoms with Crippen LogP contribution in [0.1, 0.15) is 35.2 Å². The van der Waals surface area contributed by atoms with Crippen LogP contribution in [0.15, 0.2) is 124 Å². The van der Waals surface area contributed by atoms with Gasteiger partial charge in [-0.1, -0.05) is 101 Å². The molecule has 0 bridgehead atoms. The van der Waals surface area contributed by atoms with Gasteiger partial charge in [0.25, 0.3) is 11.5 Å². The van der Waals surface area contributed by atoms with E-state index in [0.29, 0.717) is 43.7 Å². The van der Waals surface area contributed by atoms with Gasteiger partial charge in [-0.15, -0.1) is 0 Å². The number of hydrogen-bond acceptors (Lipinski definition) is 5. The minimum absolute atomic E-state index is 0.225. The third-order valence-electron chi connectivity index (χ3n) is 7.18. The number of allylic oxidation sites excluding steroid dienone is 1. The van der Waals surface area contributed by atoms with Crippen molar-refractivity contribution < 1.29 is 9.53 Å². The van der Waals surface area contributed by atoms with Gasteiger partial charge in [0.2, 0.25) is 0 Å². The lowest BCUT2D eigenvalue weighted by Gasteiger charge is -2.25. The first-order chi connectivity index (χ1) is 20.9. The van der Waals surface area contributed by atoms with E-state index < -0.39 is 6.04 Å². The van der Waals surface area contributed by atoms with Crippen LogP contribution < -0.4 is 24.9 Å². The molecule has 0 saturated heterocycles. The summed E-state index contributed by atoms with van der Waals surface area (Å²) < 4.78 is 8.26. The molecule has 1 aliphatic rings. The first kappa shape index (κ1) is 28.4. The number of rotatable bonds is 7. The number of ether oxygens (including phenoxy) is 1. The Kier molecular flexibility index (Phi) is 8.09. The van der Waals surface area contributed by atoms with E-state index in [2.05, 4.69) is 5.32 Å². The van der Waals surface area contributed by atoms with Gasteiger partial charge in [-0.2, -0.15) is 0 Å². The Labute approximate surface area is 257 Å². The molecule has 214 valence electrons. The van der Waals surface area contributed by atoms with Gasteiger partial charge in [0.1, 0.15) is 12.4 Å². The summed E-state index contributed by atoms with van der Waals surface area (Å²) in [5, 5.41) is 3.63. The highest BCUT2D eigenvalue weighted by atomic mass is 35.5. The van der Waals surface area contributed by atoms with E-state index in [0.717, 1.165) is 22.3 Å². The predicted octanol–water partition coefficient (Wildman–Crippen LogP) is 6.41. The van der Waals surface area contributed by atoms with E-state index >= 15 is 0 Å². The molecule has 0 spiro atoms. The fourth-order valence-electron chi connectivity index (χ4n) is 5.06. The van der Waals surface area contributed by atoms with Gasteiger partial charge < -0.3 is 10.1 Å². The average Bonchev–Trinajstić information content (AvgIpc) is 3.30. The zero-order valence-corrected chi connectivity index (χ0v) is 25.2. The number of benzene rings is 4. The lowest BCUT2D eigenvalue weighted by molar-refractivity contribution is -0.113. The molecule has 1 aromatic heterocycles. The summed E-state index contributed by atoms with van der Waals surface area (Å²) in [6, 6.07) is 31.6. The molecule has 43 heavy (non-hydrogen) atoms. The topological polar surface area (TPSA) is 72.7 Å². The zero-order chi connectivity index (χ0) is 29.9. The van der Waals surface area contributed by atoms with Gasteiger partial charge in [-0.25, -0.2) is 4.99 Å². The second-order valence-corrected chi connectivity index (χ2v) is 11.7. The molecule has 1 aliphatic heterocycles. The molecule has 0 radical (unpaired) electrons. The number of carbonyl (C=O) groups excluding carboxylic acids is 1. The highest BCUT2D eigenvalue weighted by Crippen LogP contribution is 2.31.